The van der Waals surface area contributed by atoms with Gasteiger partial charge in [-0.1, -0.05) is 83.1 Å². The quantitative estimate of drug-likeness (QED) is 0.0430. The lowest BCUT2D eigenvalue weighted by Gasteiger charge is -2.27. The smallest absolute Gasteiger partial charge is 0.261 e. The molecule has 2 saturated heterocycles. The SMILES string of the molecule is O=C(NCCCCCCCCCCN1C(=O)c2cccc3c(Br)ccc(c23)C1=O)c1cc(Cn2cc(CN3CCCNCCCNCCC3)nn2)cc(Cn2cc(CN3CCCNCCCNCCC3)nn2)c1. The molecule has 394 valence electrons. The van der Waals surface area contributed by atoms with Gasteiger partial charge in [0, 0.05) is 52.7 Å². The van der Waals surface area contributed by atoms with E-state index in [0.717, 1.165) is 219 Å². The minimum absolute atomic E-state index is 0.0843. The number of unbranched alkanes of at least 4 members (excludes halogenated alkanes) is 7. The molecule has 5 aromatic rings. The first-order valence-corrected chi connectivity index (χ1v) is 28.2. The van der Waals surface area contributed by atoms with Gasteiger partial charge in [-0.15, -0.1) is 10.2 Å². The second-order valence-electron chi connectivity index (χ2n) is 20.2. The molecule has 8 rings (SSSR count). The van der Waals surface area contributed by atoms with Crippen LogP contribution in [0.15, 0.2) is 65.4 Å². The van der Waals surface area contributed by atoms with E-state index in [1.807, 2.05) is 64.2 Å². The number of amides is 3. The molecule has 73 heavy (non-hydrogen) atoms. The van der Waals surface area contributed by atoms with Gasteiger partial charge in [0.25, 0.3) is 17.7 Å². The average molecular weight is 1060 g/mol. The maximum atomic E-state index is 13.8. The van der Waals surface area contributed by atoms with Crippen LogP contribution in [0.1, 0.15) is 143 Å². The van der Waals surface area contributed by atoms with E-state index in [-0.39, 0.29) is 17.7 Å². The minimum Gasteiger partial charge on any atom is -0.352 e. The van der Waals surface area contributed by atoms with Gasteiger partial charge in [0.2, 0.25) is 0 Å². The van der Waals surface area contributed by atoms with Gasteiger partial charge < -0.3 is 26.6 Å². The Morgan fingerprint density at radius 2 is 1.04 bits per heavy atom. The molecule has 3 amide bonds. The molecule has 0 unspecified atom stereocenters. The van der Waals surface area contributed by atoms with Crippen LogP contribution < -0.4 is 26.6 Å². The average Bonchev–Trinajstić information content (AvgIpc) is 4.03. The van der Waals surface area contributed by atoms with Crippen molar-refractivity contribution in [2.24, 2.45) is 0 Å². The van der Waals surface area contributed by atoms with Gasteiger partial charge in [0.15, 0.2) is 0 Å². The van der Waals surface area contributed by atoms with Gasteiger partial charge in [-0.2, -0.15) is 0 Å². The highest BCUT2D eigenvalue weighted by Crippen LogP contribution is 2.34. The van der Waals surface area contributed by atoms with Crippen molar-refractivity contribution in [3.63, 3.8) is 0 Å². The molecular formula is C55H79BrN14O3. The molecule has 18 heteroatoms. The van der Waals surface area contributed by atoms with Gasteiger partial charge >= 0.3 is 0 Å². The van der Waals surface area contributed by atoms with Crippen molar-refractivity contribution in [3.05, 3.63) is 105 Å². The second-order valence-corrected chi connectivity index (χ2v) is 21.1. The minimum atomic E-state index is -0.203. The summed E-state index contributed by atoms with van der Waals surface area (Å²) in [5.74, 6) is -0.490. The van der Waals surface area contributed by atoms with Crippen LogP contribution >= 0.6 is 15.9 Å². The summed E-state index contributed by atoms with van der Waals surface area (Å²) in [5.41, 5.74) is 5.68. The Morgan fingerprint density at radius 3 is 1.58 bits per heavy atom. The number of nitrogens with zero attached hydrogens (tertiary/aromatic N) is 9. The molecule has 3 aliphatic rings. The van der Waals surface area contributed by atoms with Gasteiger partial charge in [-0.25, -0.2) is 9.36 Å². The molecule has 2 fully saturated rings. The normalized spacial score (nSPS) is 17.5. The lowest BCUT2D eigenvalue weighted by Crippen LogP contribution is -2.40. The van der Waals surface area contributed by atoms with Crippen LogP contribution in [0, 0.1) is 0 Å². The standard InChI is InChI=1S/C55H79BrN14O3/c56-51-19-18-50-52-48(51)16-9-17-49(52)54(72)70(55(50)73)33-8-6-4-2-1-3-5-7-28-61-53(71)45-35-43(37-68-41-46(62-64-68)39-66-29-12-24-57-20-10-21-58-25-13-30-66)34-44(36-45)38-69-42-47(63-65-69)40-67-31-14-26-59-22-11-23-60-27-15-32-67/h9,16-19,34-36,41-42,57-60H,1-8,10-15,20-33,37-40H2,(H,61,71). The molecular weight excluding hydrogens is 985 g/mol. The van der Waals surface area contributed by atoms with E-state index in [0.29, 0.717) is 42.9 Å². The molecule has 3 aromatic carbocycles. The summed E-state index contributed by atoms with van der Waals surface area (Å²) in [7, 11) is 0. The monoisotopic (exact) mass is 1060 g/mol. The number of nitrogens with one attached hydrogen (secondary N) is 5. The van der Waals surface area contributed by atoms with E-state index < -0.39 is 0 Å². The molecule has 0 bridgehead atoms. The highest BCUT2D eigenvalue weighted by Gasteiger charge is 2.32. The summed E-state index contributed by atoms with van der Waals surface area (Å²) in [6.45, 7) is 15.9. The van der Waals surface area contributed by atoms with E-state index in [2.05, 4.69) is 79.0 Å². The Bertz CT molecular complexity index is 2390. The fourth-order valence-corrected chi connectivity index (χ4v) is 10.8. The maximum absolute atomic E-state index is 13.8. The van der Waals surface area contributed by atoms with Crippen LogP contribution in [0.2, 0.25) is 0 Å². The van der Waals surface area contributed by atoms with Crippen molar-refractivity contribution >= 4 is 44.4 Å². The highest BCUT2D eigenvalue weighted by molar-refractivity contribution is 9.10. The first-order chi connectivity index (χ1) is 35.9. The van der Waals surface area contributed by atoms with Crippen LogP contribution in [0.3, 0.4) is 0 Å². The Labute approximate surface area is 440 Å². The topological polar surface area (TPSA) is 182 Å². The molecule has 2 aromatic heterocycles. The predicted octanol–water partition coefficient (Wildman–Crippen LogP) is 6.36. The summed E-state index contributed by atoms with van der Waals surface area (Å²) in [5, 5.41) is 37.4. The van der Waals surface area contributed by atoms with Crippen LogP contribution in [0.4, 0.5) is 0 Å². The zero-order valence-electron chi connectivity index (χ0n) is 43.0. The molecule has 0 spiro atoms. The second kappa shape index (κ2) is 29.2. The Morgan fingerprint density at radius 1 is 0.562 bits per heavy atom. The summed E-state index contributed by atoms with van der Waals surface area (Å²) >= 11 is 3.57. The lowest BCUT2D eigenvalue weighted by molar-refractivity contribution is 0.0607. The first-order valence-electron chi connectivity index (χ1n) is 27.4. The third-order valence-electron chi connectivity index (χ3n) is 14.2. The molecule has 0 saturated carbocycles. The predicted molar refractivity (Wildman–Crippen MR) is 291 cm³/mol. The largest absolute Gasteiger partial charge is 0.352 e. The van der Waals surface area contributed by atoms with Crippen molar-refractivity contribution in [1.82, 2.24) is 71.3 Å². The lowest BCUT2D eigenvalue weighted by atomic mass is 9.94. The number of halogens is 1. The molecule has 0 atom stereocenters. The first kappa shape index (κ1) is 54.3. The summed E-state index contributed by atoms with van der Waals surface area (Å²) in [6, 6.07) is 15.5. The number of carbonyl (C=O) groups is 3. The molecule has 5 heterocycles. The number of hydrogen-bond acceptors (Lipinski definition) is 13. The van der Waals surface area contributed by atoms with E-state index in [9.17, 15) is 14.4 Å². The van der Waals surface area contributed by atoms with E-state index >= 15 is 0 Å². The zero-order valence-corrected chi connectivity index (χ0v) is 44.6. The van der Waals surface area contributed by atoms with Crippen molar-refractivity contribution < 1.29 is 14.4 Å². The molecule has 3 aliphatic heterocycles. The van der Waals surface area contributed by atoms with Crippen molar-refractivity contribution in [1.29, 1.82) is 0 Å². The summed E-state index contributed by atoms with van der Waals surface area (Å²) < 4.78 is 4.66. The van der Waals surface area contributed by atoms with Crippen LogP contribution in [0.5, 0.6) is 0 Å². The van der Waals surface area contributed by atoms with Gasteiger partial charge in [0.05, 0.1) is 36.9 Å². The highest BCUT2D eigenvalue weighted by atomic mass is 79.9. The van der Waals surface area contributed by atoms with Gasteiger partial charge in [0.1, 0.15) is 0 Å². The molecule has 17 nitrogen and oxygen atoms in total. The third-order valence-corrected chi connectivity index (χ3v) is 14.9. The zero-order chi connectivity index (χ0) is 50.5. The van der Waals surface area contributed by atoms with Gasteiger partial charge in [-0.3, -0.25) is 29.1 Å². The fraction of sp³-hybridized carbons (Fsp3) is 0.582. The summed E-state index contributed by atoms with van der Waals surface area (Å²) in [6.07, 6.45) is 18.9. The number of imide groups is 1. The maximum Gasteiger partial charge on any atom is 0.261 e. The van der Waals surface area contributed by atoms with E-state index in [1.165, 1.54) is 4.90 Å². The fourth-order valence-electron chi connectivity index (χ4n) is 10.4. The Balaban J connectivity index is 0.813. The molecule has 5 N–H and O–H groups in total. The van der Waals surface area contributed by atoms with Gasteiger partial charge in [-0.05, 0) is 177 Å². The van der Waals surface area contributed by atoms with Crippen molar-refractivity contribution in [2.45, 2.75) is 116 Å². The van der Waals surface area contributed by atoms with Crippen molar-refractivity contribution in [3.8, 4) is 0 Å². The molecule has 0 radical (unpaired) electrons. The van der Waals surface area contributed by atoms with E-state index in [4.69, 9.17) is 0 Å². The number of rotatable bonds is 20. The van der Waals surface area contributed by atoms with Crippen LogP contribution in [0.25, 0.3) is 10.8 Å². The van der Waals surface area contributed by atoms with Crippen LogP contribution in [-0.4, -0.2) is 154 Å². The number of aromatic nitrogens is 6. The number of hydrogen-bond donors (Lipinski definition) is 5. The number of carbonyl (C=O) groups excluding carboxylic acids is 3. The summed E-state index contributed by atoms with van der Waals surface area (Å²) in [4.78, 5) is 46.9. The molecule has 0 aliphatic carbocycles. The Hall–Kier alpha value is -4.95. The number of benzene rings is 3. The van der Waals surface area contributed by atoms with Crippen molar-refractivity contribution in [2.75, 3.05) is 91.6 Å². The Kier molecular flexibility index (Phi) is 21.7. The third kappa shape index (κ3) is 16.8. The van der Waals surface area contributed by atoms with E-state index in [1.54, 1.807) is 0 Å². The van der Waals surface area contributed by atoms with Crippen LogP contribution in [-0.2, 0) is 26.2 Å².